The Morgan fingerprint density at radius 2 is 1.77 bits per heavy atom. The van der Waals surface area contributed by atoms with Crippen LogP contribution in [0.25, 0.3) is 0 Å². The van der Waals surface area contributed by atoms with Crippen molar-refractivity contribution < 1.29 is 14.4 Å². The average molecular weight is 424 g/mol. The highest BCUT2D eigenvalue weighted by molar-refractivity contribution is 7.98. The number of nitrogens with two attached hydrogens (primary N) is 1. The zero-order valence-electron chi connectivity index (χ0n) is 16.9. The third kappa shape index (κ3) is 4.36. The van der Waals surface area contributed by atoms with Gasteiger partial charge in [-0.1, -0.05) is 12.1 Å². The topological polar surface area (TPSA) is 83.7 Å². The minimum atomic E-state index is -0.466. The molecule has 156 valence electrons. The van der Waals surface area contributed by atoms with Crippen LogP contribution in [0.4, 0.5) is 5.69 Å². The molecule has 2 aliphatic rings. The summed E-state index contributed by atoms with van der Waals surface area (Å²) < 4.78 is 0. The van der Waals surface area contributed by atoms with Gasteiger partial charge in [0.05, 0.1) is 5.92 Å². The molecular weight excluding hydrogens is 398 g/mol. The van der Waals surface area contributed by atoms with Gasteiger partial charge in [-0.05, 0) is 61.1 Å². The van der Waals surface area contributed by atoms with Gasteiger partial charge in [-0.15, -0.1) is 11.8 Å². The number of primary amides is 1. The maximum Gasteiger partial charge on any atom is 0.248 e. The monoisotopic (exact) mass is 423 g/mol. The Labute approximate surface area is 180 Å². The number of hydrogen-bond donors (Lipinski definition) is 1. The van der Waals surface area contributed by atoms with Gasteiger partial charge < -0.3 is 15.5 Å². The van der Waals surface area contributed by atoms with E-state index in [2.05, 4.69) is 0 Å². The summed E-state index contributed by atoms with van der Waals surface area (Å²) in [4.78, 5) is 41.9. The van der Waals surface area contributed by atoms with Crippen molar-refractivity contribution in [3.63, 3.8) is 0 Å². The molecule has 2 N–H and O–H groups in total. The van der Waals surface area contributed by atoms with E-state index < -0.39 is 5.91 Å². The van der Waals surface area contributed by atoms with E-state index in [-0.39, 0.29) is 30.2 Å². The van der Waals surface area contributed by atoms with Crippen molar-refractivity contribution in [2.24, 2.45) is 11.7 Å². The number of carbonyl (C=O) groups excluding carboxylic acids is 3. The normalized spacial score (nSPS) is 18.5. The average Bonchev–Trinajstić information content (AvgIpc) is 3.53. The van der Waals surface area contributed by atoms with Gasteiger partial charge in [0.2, 0.25) is 17.7 Å². The molecule has 1 unspecified atom stereocenters. The van der Waals surface area contributed by atoms with Gasteiger partial charge in [0.15, 0.2) is 0 Å². The molecule has 2 aromatic rings. The maximum atomic E-state index is 13.3. The van der Waals surface area contributed by atoms with Crippen molar-refractivity contribution >= 4 is 35.2 Å². The van der Waals surface area contributed by atoms with Crippen LogP contribution in [0.5, 0.6) is 0 Å². The van der Waals surface area contributed by atoms with Crippen molar-refractivity contribution in [3.05, 3.63) is 59.7 Å². The molecule has 2 fully saturated rings. The van der Waals surface area contributed by atoms with Crippen LogP contribution in [-0.4, -0.2) is 41.5 Å². The van der Waals surface area contributed by atoms with E-state index >= 15 is 0 Å². The Morgan fingerprint density at radius 3 is 2.33 bits per heavy atom. The molecule has 1 heterocycles. The number of benzene rings is 2. The Kier molecular flexibility index (Phi) is 5.81. The number of nitrogens with zero attached hydrogens (tertiary/aromatic N) is 2. The van der Waals surface area contributed by atoms with Crippen molar-refractivity contribution in [2.45, 2.75) is 36.7 Å². The summed E-state index contributed by atoms with van der Waals surface area (Å²) in [6, 6.07) is 15.1. The first kappa shape index (κ1) is 20.5. The van der Waals surface area contributed by atoms with Crippen LogP contribution in [0.1, 0.15) is 35.2 Å². The Balaban J connectivity index is 1.46. The Morgan fingerprint density at radius 1 is 1.10 bits per heavy atom. The van der Waals surface area contributed by atoms with E-state index in [4.69, 9.17) is 5.73 Å². The van der Waals surface area contributed by atoms with Gasteiger partial charge in [-0.2, -0.15) is 0 Å². The fraction of sp³-hybridized carbons (Fsp3) is 0.348. The van der Waals surface area contributed by atoms with E-state index in [0.717, 1.165) is 29.0 Å². The molecule has 1 aliphatic carbocycles. The summed E-state index contributed by atoms with van der Waals surface area (Å²) in [5.41, 5.74) is 7.55. The summed E-state index contributed by atoms with van der Waals surface area (Å²) in [6.07, 6.45) is 4.24. The zero-order valence-corrected chi connectivity index (χ0v) is 17.7. The van der Waals surface area contributed by atoms with E-state index in [0.29, 0.717) is 18.7 Å². The van der Waals surface area contributed by atoms with Gasteiger partial charge >= 0.3 is 0 Å². The van der Waals surface area contributed by atoms with Gasteiger partial charge in [-0.3, -0.25) is 14.4 Å². The first-order chi connectivity index (χ1) is 14.5. The van der Waals surface area contributed by atoms with E-state index in [1.807, 2.05) is 47.6 Å². The maximum absolute atomic E-state index is 13.3. The second kappa shape index (κ2) is 8.52. The first-order valence-electron chi connectivity index (χ1n) is 10.1. The fourth-order valence-electron chi connectivity index (χ4n) is 3.86. The number of anilines is 1. The lowest BCUT2D eigenvalue weighted by Gasteiger charge is -2.26. The summed E-state index contributed by atoms with van der Waals surface area (Å²) in [6.45, 7) is 0.899. The van der Waals surface area contributed by atoms with Crippen molar-refractivity contribution in [1.82, 2.24) is 4.90 Å². The van der Waals surface area contributed by atoms with Crippen LogP contribution in [0.2, 0.25) is 0 Å². The van der Waals surface area contributed by atoms with Crippen LogP contribution in [-0.2, 0) is 16.1 Å². The SMILES string of the molecule is CSc1ccc(N2CC(C(=O)N(Cc3ccc(C(N)=O)cc3)C3CC3)CC2=O)cc1. The lowest BCUT2D eigenvalue weighted by molar-refractivity contribution is -0.137. The molecule has 1 atom stereocenters. The molecule has 7 heteroatoms. The summed E-state index contributed by atoms with van der Waals surface area (Å²) in [5.74, 6) is -0.769. The van der Waals surface area contributed by atoms with Crippen LogP contribution in [0.3, 0.4) is 0 Å². The third-order valence-electron chi connectivity index (χ3n) is 5.72. The molecule has 3 amide bonds. The van der Waals surface area contributed by atoms with E-state index in [1.54, 1.807) is 28.8 Å². The Bertz CT molecular complexity index is 955. The second-order valence-corrected chi connectivity index (χ2v) is 8.74. The first-order valence-corrected chi connectivity index (χ1v) is 11.3. The molecule has 0 aromatic heterocycles. The molecule has 6 nitrogen and oxygen atoms in total. The predicted octanol–water partition coefficient (Wildman–Crippen LogP) is 3.05. The number of hydrogen-bond acceptors (Lipinski definition) is 4. The fourth-order valence-corrected chi connectivity index (χ4v) is 4.27. The molecule has 0 spiro atoms. The lowest BCUT2D eigenvalue weighted by Crippen LogP contribution is -2.38. The molecule has 1 saturated heterocycles. The van der Waals surface area contributed by atoms with Gasteiger partial charge in [0, 0.05) is 41.7 Å². The second-order valence-electron chi connectivity index (χ2n) is 7.86. The zero-order chi connectivity index (χ0) is 21.3. The number of amides is 3. The number of thioether (sulfide) groups is 1. The summed E-state index contributed by atoms with van der Waals surface area (Å²) >= 11 is 1.65. The summed E-state index contributed by atoms with van der Waals surface area (Å²) in [5, 5.41) is 0. The molecular formula is C23H25N3O3S. The molecule has 0 radical (unpaired) electrons. The van der Waals surface area contributed by atoms with E-state index in [9.17, 15) is 14.4 Å². The quantitative estimate of drug-likeness (QED) is 0.694. The number of carbonyl (C=O) groups is 3. The molecule has 30 heavy (non-hydrogen) atoms. The third-order valence-corrected chi connectivity index (χ3v) is 6.46. The molecule has 0 bridgehead atoms. The predicted molar refractivity (Wildman–Crippen MR) is 117 cm³/mol. The van der Waals surface area contributed by atoms with E-state index in [1.165, 1.54) is 0 Å². The largest absolute Gasteiger partial charge is 0.366 e. The highest BCUT2D eigenvalue weighted by atomic mass is 32.2. The van der Waals surface area contributed by atoms with Gasteiger partial charge in [0.1, 0.15) is 0 Å². The van der Waals surface area contributed by atoms with Gasteiger partial charge in [0.25, 0.3) is 0 Å². The highest BCUT2D eigenvalue weighted by Crippen LogP contribution is 2.33. The minimum Gasteiger partial charge on any atom is -0.366 e. The molecule has 1 aliphatic heterocycles. The van der Waals surface area contributed by atoms with Crippen LogP contribution >= 0.6 is 11.8 Å². The highest BCUT2D eigenvalue weighted by Gasteiger charge is 2.41. The van der Waals surface area contributed by atoms with Crippen molar-refractivity contribution in [1.29, 1.82) is 0 Å². The smallest absolute Gasteiger partial charge is 0.248 e. The number of rotatable bonds is 7. The standard InChI is InChI=1S/C23H25N3O3S/c1-30-20-10-8-18(9-11-20)25-14-17(12-21(25)27)23(29)26(19-6-7-19)13-15-2-4-16(5-3-15)22(24)28/h2-5,8-11,17,19H,6-7,12-14H2,1H3,(H2,24,28). The van der Waals surface area contributed by atoms with Crippen LogP contribution < -0.4 is 10.6 Å². The Hall–Kier alpha value is -2.80. The van der Waals surface area contributed by atoms with Crippen LogP contribution in [0.15, 0.2) is 53.4 Å². The van der Waals surface area contributed by atoms with Crippen LogP contribution in [0, 0.1) is 5.92 Å². The van der Waals surface area contributed by atoms with Gasteiger partial charge in [-0.25, -0.2) is 0 Å². The lowest BCUT2D eigenvalue weighted by atomic mass is 10.1. The van der Waals surface area contributed by atoms with Crippen molar-refractivity contribution in [2.75, 3.05) is 17.7 Å². The molecule has 4 rings (SSSR count). The molecule has 1 saturated carbocycles. The summed E-state index contributed by atoms with van der Waals surface area (Å²) in [7, 11) is 0. The molecule has 2 aromatic carbocycles. The minimum absolute atomic E-state index is 0.00758. The van der Waals surface area contributed by atoms with Crippen molar-refractivity contribution in [3.8, 4) is 0 Å².